The Bertz CT molecular complexity index is 656. The van der Waals surface area contributed by atoms with Crippen molar-refractivity contribution in [3.8, 4) is 11.5 Å². The van der Waals surface area contributed by atoms with Crippen molar-refractivity contribution in [2.45, 2.75) is 70.6 Å². The maximum Gasteiger partial charge on any atom is 0.323 e. The van der Waals surface area contributed by atoms with Gasteiger partial charge in [0.2, 0.25) is 0 Å². The summed E-state index contributed by atoms with van der Waals surface area (Å²) >= 11 is 0. The zero-order valence-electron chi connectivity index (χ0n) is 15.9. The number of ether oxygens (including phenoxy) is 2. The highest BCUT2D eigenvalue weighted by Crippen LogP contribution is 2.26. The van der Waals surface area contributed by atoms with E-state index < -0.39 is 24.2 Å². The summed E-state index contributed by atoms with van der Waals surface area (Å²) in [5.41, 5.74) is 6.47. The molecule has 0 aliphatic heterocycles. The molecule has 1 aliphatic rings. The first kappa shape index (κ1) is 21.0. The molecule has 0 saturated heterocycles. The van der Waals surface area contributed by atoms with Crippen LogP contribution in [0.15, 0.2) is 18.2 Å². The first-order valence-corrected chi connectivity index (χ1v) is 9.45. The second-order valence-corrected chi connectivity index (χ2v) is 7.25. The highest BCUT2D eigenvalue weighted by Gasteiger charge is 2.28. The van der Waals surface area contributed by atoms with E-state index in [0.29, 0.717) is 5.56 Å². The second kappa shape index (κ2) is 9.60. The summed E-state index contributed by atoms with van der Waals surface area (Å²) in [5, 5.41) is 18.8. The van der Waals surface area contributed by atoms with E-state index >= 15 is 0 Å². The molecular formula is C20H29NO6. The lowest BCUT2D eigenvalue weighted by Gasteiger charge is -2.26. The van der Waals surface area contributed by atoms with E-state index in [1.54, 1.807) is 19.9 Å². The topological polar surface area (TPSA) is 119 Å². The van der Waals surface area contributed by atoms with Crippen LogP contribution in [0, 0.1) is 5.92 Å². The standard InChI is InChI=1S/C20H29NO6/c1-12(26-19(24)15-6-4-3-5-7-15)13(2)27-20(25)16(21)10-14-8-9-17(22)18(23)11-14/h8-9,11-13,15-16,22-23H,3-7,10,21H2,1-2H3/t12?,13-,16-/m0/s1. The maximum absolute atomic E-state index is 12.2. The fraction of sp³-hybridized carbons (Fsp3) is 0.600. The summed E-state index contributed by atoms with van der Waals surface area (Å²) in [6, 6.07) is 3.32. The third-order valence-corrected chi connectivity index (χ3v) is 5.00. The predicted molar refractivity (Wildman–Crippen MR) is 99.1 cm³/mol. The molecule has 1 aromatic rings. The summed E-state index contributed by atoms with van der Waals surface area (Å²) in [5.74, 6) is -1.42. The molecule has 4 N–H and O–H groups in total. The van der Waals surface area contributed by atoms with Crippen LogP contribution in [0.25, 0.3) is 0 Å². The third kappa shape index (κ3) is 6.13. The summed E-state index contributed by atoms with van der Waals surface area (Å²) in [7, 11) is 0. The van der Waals surface area contributed by atoms with Crippen molar-refractivity contribution >= 4 is 11.9 Å². The summed E-state index contributed by atoms with van der Waals surface area (Å²) in [6.07, 6.45) is 3.91. The number of carbonyl (C=O) groups excluding carboxylic acids is 2. The van der Waals surface area contributed by atoms with Gasteiger partial charge in [-0.05, 0) is 50.8 Å². The number of nitrogens with two attached hydrogens (primary N) is 1. The number of benzene rings is 1. The Morgan fingerprint density at radius 3 is 2.33 bits per heavy atom. The fourth-order valence-corrected chi connectivity index (χ4v) is 3.11. The highest BCUT2D eigenvalue weighted by atomic mass is 16.6. The van der Waals surface area contributed by atoms with Gasteiger partial charge in [0.1, 0.15) is 18.2 Å². The number of aromatic hydroxyl groups is 2. The van der Waals surface area contributed by atoms with Crippen molar-refractivity contribution < 1.29 is 29.3 Å². The molecule has 0 spiro atoms. The van der Waals surface area contributed by atoms with Gasteiger partial charge in [-0.1, -0.05) is 25.3 Å². The lowest BCUT2D eigenvalue weighted by atomic mass is 9.89. The van der Waals surface area contributed by atoms with Crippen LogP contribution < -0.4 is 5.73 Å². The Labute approximate surface area is 159 Å². The van der Waals surface area contributed by atoms with Crippen molar-refractivity contribution in [3.05, 3.63) is 23.8 Å². The van der Waals surface area contributed by atoms with E-state index in [4.69, 9.17) is 15.2 Å². The summed E-state index contributed by atoms with van der Waals surface area (Å²) < 4.78 is 10.8. The second-order valence-electron chi connectivity index (χ2n) is 7.25. The molecule has 0 radical (unpaired) electrons. The van der Waals surface area contributed by atoms with Gasteiger partial charge in [-0.2, -0.15) is 0 Å². The normalized spacial score (nSPS) is 18.3. The molecule has 1 saturated carbocycles. The molecule has 7 heteroatoms. The molecular weight excluding hydrogens is 350 g/mol. The molecule has 1 unspecified atom stereocenters. The van der Waals surface area contributed by atoms with Crippen LogP contribution >= 0.6 is 0 Å². The van der Waals surface area contributed by atoms with Crippen LogP contribution in [0.4, 0.5) is 0 Å². The van der Waals surface area contributed by atoms with Crippen LogP contribution in [-0.4, -0.2) is 40.4 Å². The molecule has 27 heavy (non-hydrogen) atoms. The fourth-order valence-electron chi connectivity index (χ4n) is 3.11. The average Bonchev–Trinajstić information content (AvgIpc) is 2.65. The lowest BCUT2D eigenvalue weighted by molar-refractivity contribution is -0.169. The first-order valence-electron chi connectivity index (χ1n) is 9.45. The van der Waals surface area contributed by atoms with Gasteiger partial charge >= 0.3 is 11.9 Å². The van der Waals surface area contributed by atoms with Crippen molar-refractivity contribution in [2.24, 2.45) is 11.7 Å². The van der Waals surface area contributed by atoms with E-state index in [9.17, 15) is 19.8 Å². The van der Waals surface area contributed by atoms with E-state index in [0.717, 1.165) is 32.1 Å². The van der Waals surface area contributed by atoms with Gasteiger partial charge in [-0.3, -0.25) is 9.59 Å². The smallest absolute Gasteiger partial charge is 0.323 e. The molecule has 3 atom stereocenters. The molecule has 1 aliphatic carbocycles. The van der Waals surface area contributed by atoms with Crippen molar-refractivity contribution in [1.82, 2.24) is 0 Å². The van der Waals surface area contributed by atoms with Crippen LogP contribution in [0.1, 0.15) is 51.5 Å². The van der Waals surface area contributed by atoms with Gasteiger partial charge < -0.3 is 25.4 Å². The number of hydrogen-bond acceptors (Lipinski definition) is 7. The minimum atomic E-state index is -0.933. The Morgan fingerprint density at radius 1 is 1.07 bits per heavy atom. The third-order valence-electron chi connectivity index (χ3n) is 5.00. The number of phenolic OH excluding ortho intramolecular Hbond substituents is 2. The number of hydrogen-bond donors (Lipinski definition) is 3. The zero-order chi connectivity index (χ0) is 20.0. The molecule has 0 amide bonds. The monoisotopic (exact) mass is 379 g/mol. The maximum atomic E-state index is 12.2. The van der Waals surface area contributed by atoms with Gasteiger partial charge in [-0.25, -0.2) is 0 Å². The molecule has 150 valence electrons. The molecule has 1 fully saturated rings. The largest absolute Gasteiger partial charge is 0.504 e. The Balaban J connectivity index is 1.81. The Kier molecular flexibility index (Phi) is 7.47. The number of carbonyl (C=O) groups is 2. The van der Waals surface area contributed by atoms with Crippen LogP contribution in [0.3, 0.4) is 0 Å². The summed E-state index contributed by atoms with van der Waals surface area (Å²) in [6.45, 7) is 3.36. The quantitative estimate of drug-likeness (QED) is 0.491. The molecule has 0 heterocycles. The van der Waals surface area contributed by atoms with E-state index in [-0.39, 0.29) is 29.8 Å². The molecule has 0 aromatic heterocycles. The van der Waals surface area contributed by atoms with Gasteiger partial charge in [0, 0.05) is 0 Å². The van der Waals surface area contributed by atoms with Gasteiger partial charge in [0.25, 0.3) is 0 Å². The van der Waals surface area contributed by atoms with Crippen LogP contribution in [-0.2, 0) is 25.5 Å². The van der Waals surface area contributed by atoms with Gasteiger partial charge in [0.15, 0.2) is 11.5 Å². The molecule has 1 aromatic carbocycles. The Hall–Kier alpha value is -2.28. The van der Waals surface area contributed by atoms with E-state index in [1.165, 1.54) is 12.1 Å². The van der Waals surface area contributed by atoms with Crippen molar-refractivity contribution in [2.75, 3.05) is 0 Å². The molecule has 0 bridgehead atoms. The van der Waals surface area contributed by atoms with E-state index in [1.807, 2.05) is 0 Å². The molecule has 2 rings (SSSR count). The average molecular weight is 379 g/mol. The predicted octanol–water partition coefficient (Wildman–Crippen LogP) is 2.41. The van der Waals surface area contributed by atoms with Gasteiger partial charge in [0.05, 0.1) is 5.92 Å². The molecule has 7 nitrogen and oxygen atoms in total. The van der Waals surface area contributed by atoms with Crippen molar-refractivity contribution in [3.63, 3.8) is 0 Å². The van der Waals surface area contributed by atoms with Crippen LogP contribution in [0.2, 0.25) is 0 Å². The van der Waals surface area contributed by atoms with Crippen molar-refractivity contribution in [1.29, 1.82) is 0 Å². The van der Waals surface area contributed by atoms with E-state index in [2.05, 4.69) is 0 Å². The minimum absolute atomic E-state index is 0.0615. The highest BCUT2D eigenvalue weighted by molar-refractivity contribution is 5.76. The first-order chi connectivity index (χ1) is 12.8. The SMILES string of the molecule is CC(OC(=O)C1CCCCC1)[C@H](C)OC(=O)[C@@H](N)Cc1ccc(O)c(O)c1. The number of rotatable bonds is 7. The zero-order valence-corrected chi connectivity index (χ0v) is 15.9. The summed E-state index contributed by atoms with van der Waals surface area (Å²) in [4.78, 5) is 24.4. The minimum Gasteiger partial charge on any atom is -0.504 e. The number of phenols is 2. The van der Waals surface area contributed by atoms with Crippen LogP contribution in [0.5, 0.6) is 11.5 Å². The van der Waals surface area contributed by atoms with Gasteiger partial charge in [-0.15, -0.1) is 0 Å². The number of esters is 2. The lowest BCUT2D eigenvalue weighted by Crippen LogP contribution is -2.40. The Morgan fingerprint density at radius 2 is 1.70 bits per heavy atom.